The molecule has 0 aliphatic heterocycles. The number of esters is 1. The largest absolute Gasteiger partial charge is 0.465 e. The minimum Gasteiger partial charge on any atom is -0.465 e. The van der Waals surface area contributed by atoms with Crippen molar-refractivity contribution < 1.29 is 19.1 Å². The van der Waals surface area contributed by atoms with Crippen molar-refractivity contribution in [3.05, 3.63) is 35.9 Å². The zero-order chi connectivity index (χ0) is 16.7. The average Bonchev–Trinajstić information content (AvgIpc) is 3.38. The van der Waals surface area contributed by atoms with Crippen molar-refractivity contribution >= 4 is 23.5 Å². The summed E-state index contributed by atoms with van der Waals surface area (Å²) in [7, 11) is 0. The normalized spacial score (nSPS) is 16.4. The SMILES string of the molecule is CCOC(=O)[C@@H](Cl)[C@@H](NC(=O)COCc1ccccc1)C1CC1. The fourth-order valence-corrected chi connectivity index (χ4v) is 2.65. The molecule has 1 aromatic rings. The standard InChI is InChI=1S/C17H22ClNO4/c1-2-23-17(21)15(18)16(13-8-9-13)19-14(20)11-22-10-12-6-4-3-5-7-12/h3-7,13,15-16H,2,8-11H2,1H3,(H,19,20)/t15-,16-/m0/s1. The predicted octanol–water partition coefficient (Wildman–Crippen LogP) is 2.27. The second-order valence-corrected chi connectivity index (χ2v) is 6.03. The quantitative estimate of drug-likeness (QED) is 0.553. The number of hydrogen-bond acceptors (Lipinski definition) is 4. The molecule has 126 valence electrons. The molecule has 2 rings (SSSR count). The summed E-state index contributed by atoms with van der Waals surface area (Å²) in [5.41, 5.74) is 1.00. The molecule has 0 heterocycles. The highest BCUT2D eigenvalue weighted by atomic mass is 35.5. The van der Waals surface area contributed by atoms with Crippen molar-refractivity contribution in [3.8, 4) is 0 Å². The number of carbonyl (C=O) groups excluding carboxylic acids is 2. The van der Waals surface area contributed by atoms with E-state index in [0.29, 0.717) is 6.61 Å². The number of alkyl halides is 1. The van der Waals surface area contributed by atoms with E-state index in [1.54, 1.807) is 6.92 Å². The molecule has 0 saturated heterocycles. The molecule has 1 amide bonds. The van der Waals surface area contributed by atoms with Gasteiger partial charge in [0.2, 0.25) is 5.91 Å². The van der Waals surface area contributed by atoms with E-state index in [0.717, 1.165) is 18.4 Å². The first-order chi connectivity index (χ1) is 11.1. The van der Waals surface area contributed by atoms with Crippen molar-refractivity contribution in [2.24, 2.45) is 5.92 Å². The molecule has 1 aliphatic rings. The number of rotatable bonds is 9. The Kier molecular flexibility index (Phi) is 6.86. The molecule has 23 heavy (non-hydrogen) atoms. The van der Waals surface area contributed by atoms with Crippen LogP contribution in [-0.2, 0) is 25.7 Å². The topological polar surface area (TPSA) is 64.6 Å². The third-order valence-electron chi connectivity index (χ3n) is 3.63. The van der Waals surface area contributed by atoms with Crippen LogP contribution in [0.2, 0.25) is 0 Å². The molecule has 1 saturated carbocycles. The van der Waals surface area contributed by atoms with Crippen LogP contribution in [0.5, 0.6) is 0 Å². The van der Waals surface area contributed by atoms with Crippen molar-refractivity contribution in [3.63, 3.8) is 0 Å². The highest BCUT2D eigenvalue weighted by Gasteiger charge is 2.40. The van der Waals surface area contributed by atoms with Gasteiger partial charge in [0.1, 0.15) is 6.61 Å². The van der Waals surface area contributed by atoms with E-state index in [9.17, 15) is 9.59 Å². The Hall–Kier alpha value is -1.59. The maximum Gasteiger partial charge on any atom is 0.326 e. The fraction of sp³-hybridized carbons (Fsp3) is 0.529. The van der Waals surface area contributed by atoms with Crippen LogP contribution in [0.3, 0.4) is 0 Å². The molecule has 1 fully saturated rings. The highest BCUT2D eigenvalue weighted by molar-refractivity contribution is 6.30. The summed E-state index contributed by atoms with van der Waals surface area (Å²) in [6.07, 6.45) is 1.91. The van der Waals surface area contributed by atoms with Gasteiger partial charge < -0.3 is 14.8 Å². The first-order valence-corrected chi connectivity index (χ1v) is 8.27. The summed E-state index contributed by atoms with van der Waals surface area (Å²) < 4.78 is 10.3. The Labute approximate surface area is 141 Å². The van der Waals surface area contributed by atoms with Crippen LogP contribution in [0.25, 0.3) is 0 Å². The summed E-state index contributed by atoms with van der Waals surface area (Å²) in [6, 6.07) is 9.22. The summed E-state index contributed by atoms with van der Waals surface area (Å²) in [6.45, 7) is 2.30. The molecule has 1 N–H and O–H groups in total. The first kappa shape index (κ1) is 17.8. The molecule has 1 aromatic carbocycles. The van der Waals surface area contributed by atoms with Crippen LogP contribution in [0.15, 0.2) is 30.3 Å². The van der Waals surface area contributed by atoms with E-state index in [4.69, 9.17) is 21.1 Å². The zero-order valence-corrected chi connectivity index (χ0v) is 13.9. The molecule has 2 atom stereocenters. The summed E-state index contributed by atoms with van der Waals surface area (Å²) in [4.78, 5) is 23.8. The Morgan fingerprint density at radius 1 is 1.30 bits per heavy atom. The summed E-state index contributed by atoms with van der Waals surface area (Å²) in [5.74, 6) is -0.524. The number of amides is 1. The Morgan fingerprint density at radius 3 is 2.61 bits per heavy atom. The molecule has 0 bridgehead atoms. The Bertz CT molecular complexity index is 519. The summed E-state index contributed by atoms with van der Waals surface area (Å²) in [5, 5.41) is 1.95. The van der Waals surface area contributed by atoms with E-state index in [-0.39, 0.29) is 25.0 Å². The second-order valence-electron chi connectivity index (χ2n) is 5.56. The fourth-order valence-electron chi connectivity index (χ4n) is 2.32. The monoisotopic (exact) mass is 339 g/mol. The van der Waals surface area contributed by atoms with E-state index < -0.39 is 17.4 Å². The van der Waals surface area contributed by atoms with Crippen molar-refractivity contribution in [1.82, 2.24) is 5.32 Å². The number of ether oxygens (including phenoxy) is 2. The van der Waals surface area contributed by atoms with E-state index in [2.05, 4.69) is 5.32 Å². The van der Waals surface area contributed by atoms with Crippen LogP contribution in [0.4, 0.5) is 0 Å². The van der Waals surface area contributed by atoms with Gasteiger partial charge in [-0.3, -0.25) is 9.59 Å². The van der Waals surface area contributed by atoms with Gasteiger partial charge in [-0.2, -0.15) is 0 Å². The molecule has 6 heteroatoms. The lowest BCUT2D eigenvalue weighted by atomic mass is 10.1. The third kappa shape index (κ3) is 5.84. The van der Waals surface area contributed by atoms with Gasteiger partial charge in [-0.1, -0.05) is 30.3 Å². The summed E-state index contributed by atoms with van der Waals surface area (Å²) >= 11 is 6.16. The number of halogens is 1. The molecular weight excluding hydrogens is 318 g/mol. The lowest BCUT2D eigenvalue weighted by molar-refractivity contribution is -0.143. The van der Waals surface area contributed by atoms with Gasteiger partial charge in [0, 0.05) is 0 Å². The van der Waals surface area contributed by atoms with Gasteiger partial charge in [-0.05, 0) is 31.2 Å². The van der Waals surface area contributed by atoms with E-state index >= 15 is 0 Å². The minimum absolute atomic E-state index is 0.0649. The van der Waals surface area contributed by atoms with Crippen molar-refractivity contribution in [1.29, 1.82) is 0 Å². The molecular formula is C17H22ClNO4. The van der Waals surface area contributed by atoms with Crippen LogP contribution in [-0.4, -0.2) is 36.5 Å². The van der Waals surface area contributed by atoms with Crippen molar-refractivity contribution in [2.75, 3.05) is 13.2 Å². The van der Waals surface area contributed by atoms with Crippen LogP contribution >= 0.6 is 11.6 Å². The number of carbonyl (C=O) groups is 2. The number of hydrogen-bond donors (Lipinski definition) is 1. The second kappa shape index (κ2) is 8.89. The molecule has 0 spiro atoms. The lowest BCUT2D eigenvalue weighted by Crippen LogP contribution is -2.47. The first-order valence-electron chi connectivity index (χ1n) is 7.83. The molecule has 1 aliphatic carbocycles. The van der Waals surface area contributed by atoms with Gasteiger partial charge in [-0.25, -0.2) is 0 Å². The minimum atomic E-state index is -0.861. The Morgan fingerprint density at radius 2 is 2.00 bits per heavy atom. The highest BCUT2D eigenvalue weighted by Crippen LogP contribution is 2.35. The van der Waals surface area contributed by atoms with Crippen molar-refractivity contribution in [2.45, 2.75) is 37.8 Å². The van der Waals surface area contributed by atoms with Crippen LogP contribution in [0.1, 0.15) is 25.3 Å². The van der Waals surface area contributed by atoms with E-state index in [1.807, 2.05) is 30.3 Å². The van der Waals surface area contributed by atoms with Gasteiger partial charge >= 0.3 is 5.97 Å². The average molecular weight is 340 g/mol. The maximum absolute atomic E-state index is 12.0. The van der Waals surface area contributed by atoms with Gasteiger partial charge in [-0.15, -0.1) is 11.6 Å². The number of benzene rings is 1. The van der Waals surface area contributed by atoms with Gasteiger partial charge in [0.05, 0.1) is 19.3 Å². The van der Waals surface area contributed by atoms with E-state index in [1.165, 1.54) is 0 Å². The van der Waals surface area contributed by atoms with Gasteiger partial charge in [0.15, 0.2) is 5.38 Å². The molecule has 5 nitrogen and oxygen atoms in total. The zero-order valence-electron chi connectivity index (χ0n) is 13.2. The molecule has 0 aromatic heterocycles. The molecule has 0 unspecified atom stereocenters. The molecule has 0 radical (unpaired) electrons. The number of nitrogens with one attached hydrogen (secondary N) is 1. The lowest BCUT2D eigenvalue weighted by Gasteiger charge is -2.22. The maximum atomic E-state index is 12.0. The van der Waals surface area contributed by atoms with Crippen LogP contribution < -0.4 is 5.32 Å². The predicted molar refractivity (Wildman–Crippen MR) is 87.0 cm³/mol. The van der Waals surface area contributed by atoms with Crippen LogP contribution in [0, 0.1) is 5.92 Å². The Balaban J connectivity index is 1.78. The third-order valence-corrected chi connectivity index (χ3v) is 4.08. The smallest absolute Gasteiger partial charge is 0.326 e. The van der Waals surface area contributed by atoms with Gasteiger partial charge in [0.25, 0.3) is 0 Å².